The van der Waals surface area contributed by atoms with Crippen LogP contribution < -0.4 is 5.32 Å². The van der Waals surface area contributed by atoms with Crippen LogP contribution >= 0.6 is 0 Å². The fourth-order valence-corrected chi connectivity index (χ4v) is 3.70. The molecule has 1 saturated heterocycles. The van der Waals surface area contributed by atoms with Crippen LogP contribution in [0, 0.1) is 31.7 Å². The van der Waals surface area contributed by atoms with Crippen molar-refractivity contribution in [2.45, 2.75) is 20.3 Å². The van der Waals surface area contributed by atoms with Crippen molar-refractivity contribution in [3.8, 4) is 0 Å². The number of ether oxygens (including phenoxy) is 1. The highest BCUT2D eigenvalue weighted by atomic mass is 19.1. The number of halogens is 1. The number of anilines is 1. The predicted molar refractivity (Wildman–Crippen MR) is 110 cm³/mol. The van der Waals surface area contributed by atoms with Gasteiger partial charge in [-0.15, -0.1) is 0 Å². The Bertz CT molecular complexity index is 1120. The van der Waals surface area contributed by atoms with E-state index in [2.05, 4.69) is 10.2 Å². The van der Waals surface area contributed by atoms with Crippen molar-refractivity contribution < 1.29 is 28.6 Å². The van der Waals surface area contributed by atoms with Gasteiger partial charge in [0.05, 0.1) is 37.7 Å². The first kappa shape index (κ1) is 22.3. The fraction of sp³-hybridized carbons (Fsp3) is 0.364. The van der Waals surface area contributed by atoms with Crippen LogP contribution in [0.5, 0.6) is 0 Å². The summed E-state index contributed by atoms with van der Waals surface area (Å²) < 4.78 is 20.1. The fourth-order valence-electron chi connectivity index (χ4n) is 3.70. The summed E-state index contributed by atoms with van der Waals surface area (Å²) in [7, 11) is 1.59. The van der Waals surface area contributed by atoms with Gasteiger partial charge in [-0.25, -0.2) is 9.24 Å². The molecular formula is C22H22FN3O5. The third-order valence-corrected chi connectivity index (χ3v) is 5.64. The Morgan fingerprint density at radius 2 is 2.00 bits per heavy atom. The minimum Gasteiger partial charge on any atom is -0.396 e. The molecule has 0 radical (unpaired) electrons. The molecular weight excluding hydrogens is 405 g/mol. The summed E-state index contributed by atoms with van der Waals surface area (Å²) >= 11 is 0. The maximum absolute atomic E-state index is 13.5. The third-order valence-electron chi connectivity index (χ3n) is 5.64. The van der Waals surface area contributed by atoms with Gasteiger partial charge in [0.15, 0.2) is 0 Å². The topological polar surface area (TPSA) is 102 Å². The van der Waals surface area contributed by atoms with E-state index in [9.17, 15) is 23.9 Å². The highest BCUT2D eigenvalue weighted by molar-refractivity contribution is 6.44. The first-order chi connectivity index (χ1) is 14.6. The van der Waals surface area contributed by atoms with Gasteiger partial charge >= 0.3 is 0 Å². The predicted octanol–water partition coefficient (Wildman–Crippen LogP) is 2.73. The zero-order valence-corrected chi connectivity index (χ0v) is 17.4. The van der Waals surface area contributed by atoms with Gasteiger partial charge in [-0.05, 0) is 37.6 Å². The molecule has 3 rings (SSSR count). The molecule has 2 aromatic rings. The molecule has 1 aromatic heterocycles. The summed E-state index contributed by atoms with van der Waals surface area (Å²) in [5, 5.41) is 12.1. The number of amides is 1. The second kappa shape index (κ2) is 8.41. The van der Waals surface area contributed by atoms with Crippen molar-refractivity contribution >= 4 is 28.8 Å². The van der Waals surface area contributed by atoms with Crippen LogP contribution in [-0.2, 0) is 16.6 Å². The quantitative estimate of drug-likeness (QED) is 0.402. The number of aliphatic hydroxyl groups is 1. The lowest BCUT2D eigenvalue weighted by Crippen LogP contribution is -2.48. The highest BCUT2D eigenvalue weighted by Gasteiger charge is 2.42. The van der Waals surface area contributed by atoms with Crippen LogP contribution in [-0.4, -0.2) is 47.0 Å². The minimum absolute atomic E-state index is 0.0990. The average Bonchev–Trinajstić information content (AvgIpc) is 2.93. The molecule has 162 valence electrons. The minimum atomic E-state index is -0.737. The normalized spacial score (nSPS) is 14.5. The molecule has 1 fully saturated rings. The summed E-state index contributed by atoms with van der Waals surface area (Å²) in [5.74, 6) is -2.63. The van der Waals surface area contributed by atoms with Crippen molar-refractivity contribution in [2.24, 2.45) is 12.5 Å². The van der Waals surface area contributed by atoms with Gasteiger partial charge in [0.2, 0.25) is 17.3 Å². The van der Waals surface area contributed by atoms with Crippen molar-refractivity contribution in [1.29, 1.82) is 0 Å². The number of nitrogens with zero attached hydrogens (tertiary/aromatic N) is 2. The maximum Gasteiger partial charge on any atom is 0.257 e. The Balaban J connectivity index is 1.87. The molecule has 31 heavy (non-hydrogen) atoms. The summed E-state index contributed by atoms with van der Waals surface area (Å²) in [6.45, 7) is 10.4. The number of benzene rings is 1. The maximum atomic E-state index is 13.5. The molecule has 2 N–H and O–H groups in total. The summed E-state index contributed by atoms with van der Waals surface area (Å²) in [6.07, 6.45) is -0.136. The van der Waals surface area contributed by atoms with E-state index in [1.807, 2.05) is 0 Å². The number of Topliss-reactive ketones (excluding diaryl/α,β-unsaturated/α-hetero) is 2. The number of aliphatic hydroxyl groups excluding tert-OH is 1. The third kappa shape index (κ3) is 4.00. The molecule has 1 aliphatic heterocycles. The number of carbonyl (C=O) groups is 3. The second-order valence-electron chi connectivity index (χ2n) is 7.81. The number of nitrogens with one attached hydrogen (secondary N) is 1. The van der Waals surface area contributed by atoms with Crippen LogP contribution in [0.3, 0.4) is 0 Å². The molecule has 2 heterocycles. The Kier molecular flexibility index (Phi) is 6.06. The van der Waals surface area contributed by atoms with Gasteiger partial charge in [-0.2, -0.15) is 0 Å². The standard InChI is InChI=1S/C22H22FN3O5/c1-12-18(21(30)25-14-5-6-15(23)16(7-14)24-3)13(2)26(4)19(12)20(29)17(28)8-22(9-27)10-31-11-22/h5-7,27H,8-11H2,1-2,4H3,(H,25,30). The first-order valence-electron chi connectivity index (χ1n) is 9.54. The van der Waals surface area contributed by atoms with Crippen LogP contribution in [0.1, 0.15) is 38.5 Å². The first-order valence-corrected chi connectivity index (χ1v) is 9.54. The lowest BCUT2D eigenvalue weighted by Gasteiger charge is -2.39. The van der Waals surface area contributed by atoms with Crippen molar-refractivity contribution in [2.75, 3.05) is 25.1 Å². The molecule has 0 saturated carbocycles. The monoisotopic (exact) mass is 427 g/mol. The van der Waals surface area contributed by atoms with E-state index in [0.29, 0.717) is 11.3 Å². The van der Waals surface area contributed by atoms with E-state index in [1.54, 1.807) is 20.9 Å². The van der Waals surface area contributed by atoms with E-state index in [-0.39, 0.29) is 48.9 Å². The number of hydrogen-bond donors (Lipinski definition) is 2. The van der Waals surface area contributed by atoms with Crippen molar-refractivity contribution in [3.63, 3.8) is 0 Å². The lowest BCUT2D eigenvalue weighted by molar-refractivity contribution is -0.150. The van der Waals surface area contributed by atoms with Gasteiger partial charge in [-0.1, -0.05) is 0 Å². The van der Waals surface area contributed by atoms with Gasteiger partial charge in [-0.3, -0.25) is 14.4 Å². The second-order valence-corrected chi connectivity index (χ2v) is 7.81. The molecule has 0 atom stereocenters. The van der Waals surface area contributed by atoms with E-state index in [0.717, 1.165) is 6.07 Å². The Morgan fingerprint density at radius 1 is 1.32 bits per heavy atom. The molecule has 9 heteroatoms. The number of ketones is 2. The summed E-state index contributed by atoms with van der Waals surface area (Å²) in [6, 6.07) is 3.64. The average molecular weight is 427 g/mol. The van der Waals surface area contributed by atoms with Crippen LogP contribution in [0.2, 0.25) is 0 Å². The number of carbonyl (C=O) groups excluding carboxylic acids is 3. The number of aromatic nitrogens is 1. The SMILES string of the molecule is [C-]#[N+]c1cc(NC(=O)c2c(C)c(C(=O)C(=O)CC3(CO)COC3)n(C)c2C)ccc1F. The summed E-state index contributed by atoms with van der Waals surface area (Å²) in [5.41, 5.74) is 0.411. The zero-order chi connectivity index (χ0) is 22.9. The van der Waals surface area contributed by atoms with Crippen LogP contribution in [0.15, 0.2) is 18.2 Å². The molecule has 1 amide bonds. The highest BCUT2D eigenvalue weighted by Crippen LogP contribution is 2.32. The van der Waals surface area contributed by atoms with Gasteiger partial charge in [0, 0.05) is 30.3 Å². The van der Waals surface area contributed by atoms with E-state index in [4.69, 9.17) is 11.3 Å². The molecule has 0 bridgehead atoms. The lowest BCUT2D eigenvalue weighted by atomic mass is 9.80. The Labute approximate surface area is 178 Å². The van der Waals surface area contributed by atoms with Gasteiger partial charge in [0.25, 0.3) is 5.91 Å². The Hall–Kier alpha value is -3.35. The molecule has 1 aromatic carbocycles. The Morgan fingerprint density at radius 3 is 2.55 bits per heavy atom. The largest absolute Gasteiger partial charge is 0.396 e. The van der Waals surface area contributed by atoms with E-state index < -0.39 is 28.7 Å². The zero-order valence-electron chi connectivity index (χ0n) is 17.4. The van der Waals surface area contributed by atoms with E-state index in [1.165, 1.54) is 16.7 Å². The molecule has 0 unspecified atom stereocenters. The van der Waals surface area contributed by atoms with Crippen LogP contribution in [0.4, 0.5) is 15.8 Å². The van der Waals surface area contributed by atoms with Crippen molar-refractivity contribution in [1.82, 2.24) is 4.57 Å². The number of rotatable bonds is 7. The number of hydrogen-bond acceptors (Lipinski definition) is 5. The molecule has 0 spiro atoms. The van der Waals surface area contributed by atoms with Gasteiger partial charge in [0.1, 0.15) is 5.82 Å². The molecule has 1 aliphatic rings. The van der Waals surface area contributed by atoms with Crippen molar-refractivity contribution in [3.05, 3.63) is 57.9 Å². The smallest absolute Gasteiger partial charge is 0.257 e. The van der Waals surface area contributed by atoms with Gasteiger partial charge < -0.3 is 19.7 Å². The molecule has 8 nitrogen and oxygen atoms in total. The molecule has 0 aliphatic carbocycles. The summed E-state index contributed by atoms with van der Waals surface area (Å²) in [4.78, 5) is 41.4. The van der Waals surface area contributed by atoms with Crippen LogP contribution in [0.25, 0.3) is 4.85 Å². The van der Waals surface area contributed by atoms with E-state index >= 15 is 0 Å².